The molecule has 1 aromatic heterocycles. The van der Waals surface area contributed by atoms with Gasteiger partial charge in [0, 0.05) is 38.4 Å². The van der Waals surface area contributed by atoms with Gasteiger partial charge in [-0.15, -0.1) is 24.0 Å². The first-order chi connectivity index (χ1) is 11.8. The molecular formula is C18H35IN6O2. The Balaban J connectivity index is 0.00000676. The van der Waals surface area contributed by atoms with Crippen molar-refractivity contribution >= 4 is 36.0 Å². The molecule has 1 rings (SSSR count). The SMILES string of the molecule is CN=C(NCc1c(C)nn(C)c1C)NCC(C)(C)NC(=O)OC(C)(C)C.I. The molecule has 156 valence electrons. The Labute approximate surface area is 179 Å². The molecule has 8 nitrogen and oxygen atoms in total. The smallest absolute Gasteiger partial charge is 0.408 e. The van der Waals surface area contributed by atoms with Gasteiger partial charge in [0.25, 0.3) is 0 Å². The van der Waals surface area contributed by atoms with E-state index in [2.05, 4.69) is 26.0 Å². The van der Waals surface area contributed by atoms with Gasteiger partial charge in [-0.3, -0.25) is 9.67 Å². The van der Waals surface area contributed by atoms with E-state index in [-0.39, 0.29) is 24.0 Å². The molecule has 0 aliphatic carbocycles. The molecule has 0 unspecified atom stereocenters. The highest BCUT2D eigenvalue weighted by molar-refractivity contribution is 14.0. The van der Waals surface area contributed by atoms with Crippen LogP contribution in [0.25, 0.3) is 0 Å². The zero-order chi connectivity index (χ0) is 20.1. The summed E-state index contributed by atoms with van der Waals surface area (Å²) in [6, 6.07) is 0. The van der Waals surface area contributed by atoms with Crippen molar-refractivity contribution < 1.29 is 9.53 Å². The van der Waals surface area contributed by atoms with E-state index in [0.29, 0.717) is 19.0 Å². The summed E-state index contributed by atoms with van der Waals surface area (Å²) in [4.78, 5) is 16.2. The molecular weight excluding hydrogens is 459 g/mol. The van der Waals surface area contributed by atoms with E-state index in [4.69, 9.17) is 4.74 Å². The summed E-state index contributed by atoms with van der Waals surface area (Å²) < 4.78 is 7.18. The third-order valence-electron chi connectivity index (χ3n) is 3.85. The number of aromatic nitrogens is 2. The molecule has 0 fully saturated rings. The van der Waals surface area contributed by atoms with E-state index in [0.717, 1.165) is 17.0 Å². The number of carbonyl (C=O) groups is 1. The van der Waals surface area contributed by atoms with Crippen LogP contribution in [0.1, 0.15) is 51.6 Å². The number of hydrogen-bond acceptors (Lipinski definition) is 4. The van der Waals surface area contributed by atoms with Gasteiger partial charge in [-0.1, -0.05) is 0 Å². The molecule has 0 radical (unpaired) electrons. The molecule has 0 atom stereocenters. The van der Waals surface area contributed by atoms with Gasteiger partial charge in [0.1, 0.15) is 5.60 Å². The van der Waals surface area contributed by atoms with Crippen molar-refractivity contribution in [3.05, 3.63) is 17.0 Å². The molecule has 0 spiro atoms. The lowest BCUT2D eigenvalue weighted by Crippen LogP contribution is -2.54. The fraction of sp³-hybridized carbons (Fsp3) is 0.722. The minimum Gasteiger partial charge on any atom is -0.444 e. The van der Waals surface area contributed by atoms with Crippen molar-refractivity contribution in [1.82, 2.24) is 25.7 Å². The van der Waals surface area contributed by atoms with Gasteiger partial charge < -0.3 is 20.7 Å². The summed E-state index contributed by atoms with van der Waals surface area (Å²) in [6.07, 6.45) is -0.436. The second-order valence-electron chi connectivity index (χ2n) is 8.06. The van der Waals surface area contributed by atoms with Crippen LogP contribution in [0.15, 0.2) is 4.99 Å². The Bertz CT molecular complexity index is 662. The van der Waals surface area contributed by atoms with E-state index < -0.39 is 17.2 Å². The third kappa shape index (κ3) is 8.81. The Kier molecular flexibility index (Phi) is 9.57. The van der Waals surface area contributed by atoms with Gasteiger partial charge in [0.2, 0.25) is 0 Å². The van der Waals surface area contributed by atoms with Crippen LogP contribution < -0.4 is 16.0 Å². The fourth-order valence-electron chi connectivity index (χ4n) is 2.39. The zero-order valence-corrected chi connectivity index (χ0v) is 20.3. The molecule has 1 aromatic rings. The first kappa shape index (κ1) is 25.5. The molecule has 3 N–H and O–H groups in total. The first-order valence-corrected chi connectivity index (χ1v) is 8.79. The van der Waals surface area contributed by atoms with Gasteiger partial charge in [0.05, 0.1) is 11.2 Å². The van der Waals surface area contributed by atoms with Crippen molar-refractivity contribution in [1.29, 1.82) is 0 Å². The van der Waals surface area contributed by atoms with E-state index in [1.54, 1.807) is 7.05 Å². The number of hydrogen-bond donors (Lipinski definition) is 3. The molecule has 1 amide bonds. The van der Waals surface area contributed by atoms with Crippen LogP contribution in [0.5, 0.6) is 0 Å². The summed E-state index contributed by atoms with van der Waals surface area (Å²) in [5, 5.41) is 13.8. The molecule has 0 aliphatic rings. The van der Waals surface area contributed by atoms with Gasteiger partial charge in [-0.25, -0.2) is 4.79 Å². The molecule has 0 saturated carbocycles. The van der Waals surface area contributed by atoms with Crippen molar-refractivity contribution in [3.8, 4) is 0 Å². The topological polar surface area (TPSA) is 92.6 Å². The van der Waals surface area contributed by atoms with Crippen LogP contribution in [0, 0.1) is 13.8 Å². The van der Waals surface area contributed by atoms with E-state index >= 15 is 0 Å². The summed E-state index contributed by atoms with van der Waals surface area (Å²) in [5.41, 5.74) is 2.25. The first-order valence-electron chi connectivity index (χ1n) is 8.79. The second kappa shape index (κ2) is 10.1. The molecule has 1 heterocycles. The van der Waals surface area contributed by atoms with E-state index in [9.17, 15) is 4.79 Å². The number of nitrogens with one attached hydrogen (secondary N) is 3. The second-order valence-corrected chi connectivity index (χ2v) is 8.06. The highest BCUT2D eigenvalue weighted by atomic mass is 127. The van der Waals surface area contributed by atoms with E-state index in [1.807, 2.05) is 60.2 Å². The molecule has 9 heteroatoms. The highest BCUT2D eigenvalue weighted by Gasteiger charge is 2.24. The number of amides is 1. The highest BCUT2D eigenvalue weighted by Crippen LogP contribution is 2.11. The fourth-order valence-corrected chi connectivity index (χ4v) is 2.39. The molecule has 0 saturated heterocycles. The summed E-state index contributed by atoms with van der Waals surface area (Å²) in [7, 11) is 3.65. The number of halogens is 1. The van der Waals surface area contributed by atoms with Gasteiger partial charge in [-0.05, 0) is 48.5 Å². The van der Waals surface area contributed by atoms with Crippen LogP contribution in [0.3, 0.4) is 0 Å². The lowest BCUT2D eigenvalue weighted by atomic mass is 10.1. The van der Waals surface area contributed by atoms with Crippen LogP contribution in [0.4, 0.5) is 4.79 Å². The normalized spacial score (nSPS) is 12.3. The maximum absolute atomic E-state index is 12.0. The quantitative estimate of drug-likeness (QED) is 0.333. The van der Waals surface area contributed by atoms with Crippen molar-refractivity contribution in [2.75, 3.05) is 13.6 Å². The number of carbonyl (C=O) groups excluding carboxylic acids is 1. The molecule has 0 aromatic carbocycles. The van der Waals surface area contributed by atoms with Gasteiger partial charge in [0.15, 0.2) is 5.96 Å². The number of nitrogens with zero attached hydrogens (tertiary/aromatic N) is 3. The number of aliphatic imine (C=N–C) groups is 1. The predicted molar refractivity (Wildman–Crippen MR) is 120 cm³/mol. The maximum Gasteiger partial charge on any atom is 0.408 e. The monoisotopic (exact) mass is 494 g/mol. The minimum atomic E-state index is -0.523. The number of guanidine groups is 1. The molecule has 0 aliphatic heterocycles. The van der Waals surface area contributed by atoms with Crippen LogP contribution in [0.2, 0.25) is 0 Å². The average Bonchev–Trinajstić information content (AvgIpc) is 2.70. The minimum absolute atomic E-state index is 0. The average molecular weight is 494 g/mol. The maximum atomic E-state index is 12.0. The number of aryl methyl sites for hydroxylation is 2. The molecule has 27 heavy (non-hydrogen) atoms. The number of rotatable bonds is 5. The van der Waals surface area contributed by atoms with Crippen molar-refractivity contribution in [2.45, 2.75) is 66.2 Å². The Morgan fingerprint density at radius 2 is 1.78 bits per heavy atom. The lowest BCUT2D eigenvalue weighted by Gasteiger charge is -2.29. The third-order valence-corrected chi connectivity index (χ3v) is 3.85. The number of alkyl carbamates (subject to hydrolysis) is 1. The summed E-state index contributed by atoms with van der Waals surface area (Å²) in [6.45, 7) is 14.5. The Morgan fingerprint density at radius 1 is 1.19 bits per heavy atom. The molecule has 0 bridgehead atoms. The van der Waals surface area contributed by atoms with Crippen LogP contribution >= 0.6 is 24.0 Å². The lowest BCUT2D eigenvalue weighted by molar-refractivity contribution is 0.0474. The Morgan fingerprint density at radius 3 is 2.22 bits per heavy atom. The van der Waals surface area contributed by atoms with Gasteiger partial charge in [-0.2, -0.15) is 5.10 Å². The van der Waals surface area contributed by atoms with Crippen LogP contribution in [-0.2, 0) is 18.3 Å². The summed E-state index contributed by atoms with van der Waals surface area (Å²) >= 11 is 0. The van der Waals surface area contributed by atoms with Crippen molar-refractivity contribution in [2.24, 2.45) is 12.0 Å². The van der Waals surface area contributed by atoms with E-state index in [1.165, 1.54) is 0 Å². The zero-order valence-electron chi connectivity index (χ0n) is 18.0. The Hall–Kier alpha value is -1.52. The largest absolute Gasteiger partial charge is 0.444 e. The summed E-state index contributed by atoms with van der Waals surface area (Å²) in [5.74, 6) is 0.659. The standard InChI is InChI=1S/C18H34N6O2.HI/c1-12-14(13(2)24(9)23-12)10-20-15(19-8)21-11-18(6,7)22-16(25)26-17(3,4)5;/h10-11H2,1-9H3,(H,22,25)(H2,19,20,21);1H. The van der Waals surface area contributed by atoms with Crippen LogP contribution in [-0.4, -0.2) is 46.6 Å². The number of ether oxygens (including phenoxy) is 1. The predicted octanol–water partition coefficient (Wildman–Crippen LogP) is 2.62. The van der Waals surface area contributed by atoms with Gasteiger partial charge >= 0.3 is 6.09 Å². The van der Waals surface area contributed by atoms with Crippen molar-refractivity contribution in [3.63, 3.8) is 0 Å².